The number of rotatable bonds is 8. The van der Waals surface area contributed by atoms with E-state index in [4.69, 9.17) is 15.3 Å². The predicted octanol–water partition coefficient (Wildman–Crippen LogP) is 1.79. The second-order valence-corrected chi connectivity index (χ2v) is 3.36. The largest absolute Gasteiger partial charge is 0.481 e. The van der Waals surface area contributed by atoms with Gasteiger partial charge in [0.2, 0.25) is 0 Å². The van der Waals surface area contributed by atoms with Crippen LogP contribution in [0.25, 0.3) is 0 Å². The van der Waals surface area contributed by atoms with E-state index in [1.165, 1.54) is 19.3 Å². The molecule has 0 aliphatic heterocycles. The van der Waals surface area contributed by atoms with Crippen LogP contribution in [0.3, 0.4) is 0 Å². The van der Waals surface area contributed by atoms with Crippen LogP contribution in [0.4, 0.5) is 0 Å². The third-order valence-electron chi connectivity index (χ3n) is 1.81. The first kappa shape index (κ1) is 16.8. The van der Waals surface area contributed by atoms with Crippen molar-refractivity contribution in [3.05, 3.63) is 0 Å². The van der Waals surface area contributed by atoms with Crippen LogP contribution in [-0.4, -0.2) is 34.5 Å². The Morgan fingerprint density at radius 1 is 0.933 bits per heavy atom. The van der Waals surface area contributed by atoms with Crippen LogP contribution in [0.15, 0.2) is 0 Å². The van der Waals surface area contributed by atoms with E-state index < -0.39 is 5.97 Å². The van der Waals surface area contributed by atoms with Gasteiger partial charge in [0.25, 0.3) is 0 Å². The van der Waals surface area contributed by atoms with Gasteiger partial charge < -0.3 is 15.3 Å². The molecular formula is C11H24O4. The molecule has 0 unspecified atom stereocenters. The van der Waals surface area contributed by atoms with Crippen molar-refractivity contribution in [2.75, 3.05) is 13.2 Å². The molecule has 0 rings (SSSR count). The molecule has 0 aromatic heterocycles. The van der Waals surface area contributed by atoms with Gasteiger partial charge in [0.1, 0.15) is 0 Å². The van der Waals surface area contributed by atoms with E-state index in [0.29, 0.717) is 12.8 Å². The van der Waals surface area contributed by atoms with Gasteiger partial charge in [0, 0.05) is 19.6 Å². The Kier molecular flexibility index (Phi) is 17.8. The zero-order chi connectivity index (χ0) is 11.9. The lowest BCUT2D eigenvalue weighted by molar-refractivity contribution is -0.137. The first-order chi connectivity index (χ1) is 7.18. The van der Waals surface area contributed by atoms with Crippen molar-refractivity contribution in [3.8, 4) is 0 Å². The van der Waals surface area contributed by atoms with Gasteiger partial charge in [-0.1, -0.05) is 32.6 Å². The van der Waals surface area contributed by atoms with Gasteiger partial charge >= 0.3 is 5.97 Å². The average molecular weight is 220 g/mol. The molecule has 92 valence electrons. The number of carboxylic acids is 1. The number of hydrogen-bond acceptors (Lipinski definition) is 3. The van der Waals surface area contributed by atoms with E-state index in [0.717, 1.165) is 12.8 Å². The van der Waals surface area contributed by atoms with Crippen molar-refractivity contribution in [2.24, 2.45) is 0 Å². The van der Waals surface area contributed by atoms with E-state index in [-0.39, 0.29) is 13.2 Å². The molecule has 0 heterocycles. The van der Waals surface area contributed by atoms with Crippen LogP contribution >= 0.6 is 0 Å². The fourth-order valence-corrected chi connectivity index (χ4v) is 0.950. The van der Waals surface area contributed by atoms with Crippen LogP contribution in [-0.2, 0) is 4.79 Å². The van der Waals surface area contributed by atoms with E-state index in [9.17, 15) is 4.79 Å². The molecule has 0 saturated heterocycles. The summed E-state index contributed by atoms with van der Waals surface area (Å²) < 4.78 is 0. The number of carbonyl (C=O) groups is 1. The molecule has 0 aromatic carbocycles. The molecule has 15 heavy (non-hydrogen) atoms. The Bertz CT molecular complexity index is 124. The van der Waals surface area contributed by atoms with E-state index in [1.54, 1.807) is 0 Å². The molecule has 0 aliphatic rings. The molecule has 0 aromatic rings. The number of unbranched alkanes of at least 4 members (excludes halogenated alkanes) is 4. The molecular weight excluding hydrogens is 196 g/mol. The number of aliphatic carboxylic acids is 1. The minimum Gasteiger partial charge on any atom is -0.481 e. The molecule has 0 amide bonds. The second-order valence-electron chi connectivity index (χ2n) is 3.36. The highest BCUT2D eigenvalue weighted by Gasteiger charge is 1.94. The molecule has 0 bridgehead atoms. The van der Waals surface area contributed by atoms with Crippen LogP contribution in [0.5, 0.6) is 0 Å². The van der Waals surface area contributed by atoms with E-state index in [2.05, 4.69) is 6.92 Å². The predicted molar refractivity (Wildman–Crippen MR) is 59.8 cm³/mol. The zero-order valence-corrected chi connectivity index (χ0v) is 9.61. The average Bonchev–Trinajstić information content (AvgIpc) is 2.19. The monoisotopic (exact) mass is 220 g/mol. The molecule has 0 fully saturated rings. The van der Waals surface area contributed by atoms with Gasteiger partial charge in [-0.15, -0.1) is 0 Å². The molecule has 0 radical (unpaired) electrons. The first-order valence-electron chi connectivity index (χ1n) is 5.62. The Labute approximate surface area is 91.9 Å². The molecule has 0 saturated carbocycles. The molecule has 3 N–H and O–H groups in total. The number of carboxylic acid groups (broad SMARTS) is 1. The second kappa shape index (κ2) is 15.8. The maximum atomic E-state index is 10.0. The maximum Gasteiger partial charge on any atom is 0.303 e. The molecule has 0 atom stereocenters. The summed E-state index contributed by atoms with van der Waals surface area (Å²) in [6, 6.07) is 0. The van der Waals surface area contributed by atoms with Crippen molar-refractivity contribution in [3.63, 3.8) is 0 Å². The van der Waals surface area contributed by atoms with Crippen LogP contribution in [0.1, 0.15) is 51.9 Å². The SMILES string of the molecule is CCCCCCCC(=O)O.OCCCO. The summed E-state index contributed by atoms with van der Waals surface area (Å²) in [4.78, 5) is 10.0. The third-order valence-corrected chi connectivity index (χ3v) is 1.81. The van der Waals surface area contributed by atoms with Crippen molar-refractivity contribution in [2.45, 2.75) is 51.9 Å². The van der Waals surface area contributed by atoms with Crippen LogP contribution in [0, 0.1) is 0 Å². The van der Waals surface area contributed by atoms with Gasteiger partial charge in [-0.3, -0.25) is 4.79 Å². The quantitative estimate of drug-likeness (QED) is 0.545. The summed E-state index contributed by atoms with van der Waals surface area (Å²) in [5.74, 6) is -0.670. The third kappa shape index (κ3) is 24.7. The Morgan fingerprint density at radius 3 is 1.80 bits per heavy atom. The highest BCUT2D eigenvalue weighted by Crippen LogP contribution is 2.04. The molecule has 0 aliphatic carbocycles. The molecule has 4 nitrogen and oxygen atoms in total. The minimum absolute atomic E-state index is 0.0938. The number of aliphatic hydroxyl groups is 2. The van der Waals surface area contributed by atoms with Gasteiger partial charge in [0.15, 0.2) is 0 Å². The topological polar surface area (TPSA) is 77.8 Å². The lowest BCUT2D eigenvalue weighted by Gasteiger charge is -1.95. The lowest BCUT2D eigenvalue weighted by atomic mass is 10.1. The van der Waals surface area contributed by atoms with Crippen molar-refractivity contribution in [1.82, 2.24) is 0 Å². The Balaban J connectivity index is 0. The van der Waals surface area contributed by atoms with Gasteiger partial charge in [-0.05, 0) is 12.8 Å². The summed E-state index contributed by atoms with van der Waals surface area (Å²) in [6.45, 7) is 2.34. The number of aliphatic hydroxyl groups excluding tert-OH is 2. The van der Waals surface area contributed by atoms with Gasteiger partial charge in [-0.2, -0.15) is 0 Å². The fraction of sp³-hybridized carbons (Fsp3) is 0.909. The fourth-order valence-electron chi connectivity index (χ4n) is 0.950. The summed E-state index contributed by atoms with van der Waals surface area (Å²) >= 11 is 0. The van der Waals surface area contributed by atoms with Crippen molar-refractivity contribution >= 4 is 5.97 Å². The number of hydrogen-bond donors (Lipinski definition) is 3. The minimum atomic E-state index is -0.670. The standard InChI is InChI=1S/C8H16O2.C3H8O2/c1-2-3-4-5-6-7-8(9)10;4-2-1-3-5/h2-7H2,1H3,(H,9,10);4-5H,1-3H2. The van der Waals surface area contributed by atoms with Crippen LogP contribution < -0.4 is 0 Å². The highest BCUT2D eigenvalue weighted by atomic mass is 16.4. The van der Waals surface area contributed by atoms with Crippen molar-refractivity contribution in [1.29, 1.82) is 0 Å². The molecule has 4 heteroatoms. The summed E-state index contributed by atoms with van der Waals surface area (Å²) in [7, 11) is 0. The van der Waals surface area contributed by atoms with Gasteiger partial charge in [0.05, 0.1) is 0 Å². The highest BCUT2D eigenvalue weighted by molar-refractivity contribution is 5.66. The van der Waals surface area contributed by atoms with Crippen molar-refractivity contribution < 1.29 is 20.1 Å². The zero-order valence-electron chi connectivity index (χ0n) is 9.61. The van der Waals surface area contributed by atoms with Gasteiger partial charge in [-0.25, -0.2) is 0 Å². The Hall–Kier alpha value is -0.610. The van der Waals surface area contributed by atoms with E-state index >= 15 is 0 Å². The van der Waals surface area contributed by atoms with Crippen LogP contribution in [0.2, 0.25) is 0 Å². The Morgan fingerprint density at radius 2 is 1.47 bits per heavy atom. The maximum absolute atomic E-state index is 10.0. The smallest absolute Gasteiger partial charge is 0.303 e. The lowest BCUT2D eigenvalue weighted by Crippen LogP contribution is -1.93. The summed E-state index contributed by atoms with van der Waals surface area (Å²) in [5.41, 5.74) is 0. The normalized spacial score (nSPS) is 9.27. The summed E-state index contributed by atoms with van der Waals surface area (Å²) in [6.07, 6.45) is 6.38. The van der Waals surface area contributed by atoms with E-state index in [1.807, 2.05) is 0 Å². The first-order valence-corrected chi connectivity index (χ1v) is 5.62. The molecule has 0 spiro atoms. The summed E-state index contributed by atoms with van der Waals surface area (Å²) in [5, 5.41) is 24.1.